The Morgan fingerprint density at radius 3 is 2.71 bits per heavy atom. The van der Waals surface area contributed by atoms with Gasteiger partial charge in [0.2, 0.25) is 5.91 Å². The van der Waals surface area contributed by atoms with E-state index in [4.69, 9.17) is 10.5 Å². The highest BCUT2D eigenvalue weighted by molar-refractivity contribution is 5.97. The normalized spacial score (nSPS) is 18.8. The predicted octanol–water partition coefficient (Wildman–Crippen LogP) is 2.10. The summed E-state index contributed by atoms with van der Waals surface area (Å²) in [6.07, 6.45) is -0.173. The molecule has 1 unspecified atom stereocenters. The molecule has 21 heavy (non-hydrogen) atoms. The van der Waals surface area contributed by atoms with E-state index in [1.807, 2.05) is 6.07 Å². The first-order chi connectivity index (χ1) is 9.74. The van der Waals surface area contributed by atoms with Crippen molar-refractivity contribution in [2.75, 3.05) is 16.8 Å². The van der Waals surface area contributed by atoms with Gasteiger partial charge in [0.25, 0.3) is 0 Å². The van der Waals surface area contributed by atoms with Crippen LogP contribution in [-0.4, -0.2) is 30.2 Å². The zero-order valence-corrected chi connectivity index (χ0v) is 12.6. The number of benzene rings is 1. The predicted molar refractivity (Wildman–Crippen MR) is 81.2 cm³/mol. The number of carbonyl (C=O) groups excluding carboxylic acids is 2. The molecule has 114 valence electrons. The summed E-state index contributed by atoms with van der Waals surface area (Å²) >= 11 is 0. The van der Waals surface area contributed by atoms with Crippen molar-refractivity contribution in [2.24, 2.45) is 5.73 Å². The molecule has 2 amide bonds. The average Bonchev–Trinajstić information content (AvgIpc) is 2.66. The fourth-order valence-corrected chi connectivity index (χ4v) is 2.16. The molecular weight excluding hydrogens is 270 g/mol. The lowest BCUT2D eigenvalue weighted by atomic mass is 10.2. The summed E-state index contributed by atoms with van der Waals surface area (Å²) in [4.78, 5) is 25.2. The topological polar surface area (TPSA) is 84.7 Å². The third-order valence-electron chi connectivity index (χ3n) is 2.96. The van der Waals surface area contributed by atoms with Crippen LogP contribution >= 0.6 is 0 Å². The van der Waals surface area contributed by atoms with Crippen LogP contribution in [-0.2, 0) is 9.53 Å². The molecule has 0 aromatic heterocycles. The lowest BCUT2D eigenvalue weighted by molar-refractivity contribution is -0.117. The first-order valence-corrected chi connectivity index (χ1v) is 6.90. The molecule has 0 saturated carbocycles. The standard InChI is InChI=1S/C15H21N3O3/c1-15(2,3)21-14(20)17-11-5-4-6-12(8-11)18-9-10(16)7-13(18)19/h4-6,8,10H,7,9,16H2,1-3H3,(H,17,20). The van der Waals surface area contributed by atoms with Crippen LogP contribution in [0.25, 0.3) is 0 Å². The summed E-state index contributed by atoms with van der Waals surface area (Å²) < 4.78 is 5.19. The second-order valence-corrected chi connectivity index (χ2v) is 6.15. The number of nitrogens with one attached hydrogen (secondary N) is 1. The van der Waals surface area contributed by atoms with Crippen LogP contribution in [0.5, 0.6) is 0 Å². The third kappa shape index (κ3) is 4.19. The summed E-state index contributed by atoms with van der Waals surface area (Å²) in [5.74, 6) is -0.00285. The van der Waals surface area contributed by atoms with Crippen molar-refractivity contribution in [1.82, 2.24) is 0 Å². The Morgan fingerprint density at radius 1 is 1.43 bits per heavy atom. The molecule has 1 heterocycles. The van der Waals surface area contributed by atoms with Crippen LogP contribution in [0, 0.1) is 0 Å². The number of ether oxygens (including phenoxy) is 1. The molecule has 1 aliphatic rings. The van der Waals surface area contributed by atoms with Gasteiger partial charge in [-0.15, -0.1) is 0 Å². The summed E-state index contributed by atoms with van der Waals surface area (Å²) in [6, 6.07) is 6.93. The van der Waals surface area contributed by atoms with Crippen molar-refractivity contribution < 1.29 is 14.3 Å². The second-order valence-electron chi connectivity index (χ2n) is 6.15. The van der Waals surface area contributed by atoms with Gasteiger partial charge in [0.15, 0.2) is 0 Å². The van der Waals surface area contributed by atoms with E-state index >= 15 is 0 Å². The van der Waals surface area contributed by atoms with Gasteiger partial charge in [-0.1, -0.05) is 6.07 Å². The zero-order valence-electron chi connectivity index (χ0n) is 12.6. The van der Waals surface area contributed by atoms with Gasteiger partial charge < -0.3 is 15.4 Å². The van der Waals surface area contributed by atoms with Crippen LogP contribution in [0.15, 0.2) is 24.3 Å². The van der Waals surface area contributed by atoms with Gasteiger partial charge in [-0.2, -0.15) is 0 Å². The molecule has 6 heteroatoms. The molecule has 0 radical (unpaired) electrons. The van der Waals surface area contributed by atoms with Crippen molar-refractivity contribution in [3.05, 3.63) is 24.3 Å². The first-order valence-electron chi connectivity index (χ1n) is 6.90. The van der Waals surface area contributed by atoms with Crippen LogP contribution in [0.1, 0.15) is 27.2 Å². The Labute approximate surface area is 124 Å². The number of nitrogens with two attached hydrogens (primary N) is 1. The minimum Gasteiger partial charge on any atom is -0.444 e. The maximum Gasteiger partial charge on any atom is 0.412 e. The second kappa shape index (κ2) is 5.73. The number of carbonyl (C=O) groups is 2. The van der Waals surface area contributed by atoms with E-state index in [1.54, 1.807) is 43.9 Å². The quantitative estimate of drug-likeness (QED) is 0.874. The Bertz CT molecular complexity index is 551. The van der Waals surface area contributed by atoms with Gasteiger partial charge in [-0.3, -0.25) is 10.1 Å². The lowest BCUT2D eigenvalue weighted by Gasteiger charge is -2.20. The van der Waals surface area contributed by atoms with Gasteiger partial charge in [0.1, 0.15) is 5.60 Å². The molecule has 1 atom stereocenters. The smallest absolute Gasteiger partial charge is 0.412 e. The maximum atomic E-state index is 11.8. The Balaban J connectivity index is 2.08. The highest BCUT2D eigenvalue weighted by Crippen LogP contribution is 2.24. The monoisotopic (exact) mass is 291 g/mol. The third-order valence-corrected chi connectivity index (χ3v) is 2.96. The minimum atomic E-state index is -0.556. The Morgan fingerprint density at radius 2 is 2.14 bits per heavy atom. The highest BCUT2D eigenvalue weighted by atomic mass is 16.6. The number of rotatable bonds is 2. The SMILES string of the molecule is CC(C)(C)OC(=O)Nc1cccc(N2CC(N)CC2=O)c1. The molecule has 2 rings (SSSR count). The first kappa shape index (κ1) is 15.3. The van der Waals surface area contributed by atoms with Gasteiger partial charge in [0, 0.05) is 30.4 Å². The van der Waals surface area contributed by atoms with E-state index in [-0.39, 0.29) is 11.9 Å². The number of hydrogen-bond donors (Lipinski definition) is 2. The largest absolute Gasteiger partial charge is 0.444 e. The molecular formula is C15H21N3O3. The molecule has 1 fully saturated rings. The number of amides is 2. The molecule has 1 saturated heterocycles. The molecule has 6 nitrogen and oxygen atoms in total. The lowest BCUT2D eigenvalue weighted by Crippen LogP contribution is -2.28. The van der Waals surface area contributed by atoms with Crippen molar-refractivity contribution in [1.29, 1.82) is 0 Å². The van der Waals surface area contributed by atoms with Gasteiger partial charge in [0.05, 0.1) is 0 Å². The fraction of sp³-hybridized carbons (Fsp3) is 0.467. The summed E-state index contributed by atoms with van der Waals surface area (Å²) in [7, 11) is 0. The molecule has 0 bridgehead atoms. The number of nitrogens with zero attached hydrogens (tertiary/aromatic N) is 1. The van der Waals surface area contributed by atoms with Crippen molar-refractivity contribution in [2.45, 2.75) is 38.8 Å². The summed E-state index contributed by atoms with van der Waals surface area (Å²) in [5, 5.41) is 2.66. The maximum absolute atomic E-state index is 11.8. The molecule has 1 aliphatic heterocycles. The van der Waals surface area contributed by atoms with E-state index in [2.05, 4.69) is 5.32 Å². The van der Waals surface area contributed by atoms with E-state index in [9.17, 15) is 9.59 Å². The summed E-state index contributed by atoms with van der Waals surface area (Å²) in [5.41, 5.74) is 6.53. The molecule has 1 aromatic carbocycles. The zero-order chi connectivity index (χ0) is 15.6. The van der Waals surface area contributed by atoms with E-state index in [0.29, 0.717) is 18.7 Å². The number of anilines is 2. The van der Waals surface area contributed by atoms with Crippen molar-refractivity contribution >= 4 is 23.4 Å². The van der Waals surface area contributed by atoms with Crippen molar-refractivity contribution in [3.63, 3.8) is 0 Å². The Kier molecular flexibility index (Phi) is 4.18. The molecule has 0 spiro atoms. The fourth-order valence-electron chi connectivity index (χ4n) is 2.16. The van der Waals surface area contributed by atoms with Gasteiger partial charge >= 0.3 is 6.09 Å². The van der Waals surface area contributed by atoms with Crippen LogP contribution < -0.4 is 16.0 Å². The molecule has 0 aliphatic carbocycles. The average molecular weight is 291 g/mol. The number of hydrogen-bond acceptors (Lipinski definition) is 4. The van der Waals surface area contributed by atoms with Crippen molar-refractivity contribution in [3.8, 4) is 0 Å². The van der Waals surface area contributed by atoms with Gasteiger partial charge in [-0.05, 0) is 39.0 Å². The van der Waals surface area contributed by atoms with Gasteiger partial charge in [-0.25, -0.2) is 4.79 Å². The minimum absolute atomic E-state index is 0.00285. The summed E-state index contributed by atoms with van der Waals surface area (Å²) in [6.45, 7) is 5.89. The van der Waals surface area contributed by atoms with Crippen LogP contribution in [0.2, 0.25) is 0 Å². The molecule has 3 N–H and O–H groups in total. The Hall–Kier alpha value is -2.08. The van der Waals surface area contributed by atoms with E-state index in [1.165, 1.54) is 0 Å². The highest BCUT2D eigenvalue weighted by Gasteiger charge is 2.28. The van der Waals surface area contributed by atoms with E-state index < -0.39 is 11.7 Å². The van der Waals surface area contributed by atoms with E-state index in [0.717, 1.165) is 5.69 Å². The van der Waals surface area contributed by atoms with Crippen LogP contribution in [0.3, 0.4) is 0 Å². The molecule has 1 aromatic rings. The van der Waals surface area contributed by atoms with Crippen LogP contribution in [0.4, 0.5) is 16.2 Å².